The number of aryl methyl sites for hydroxylation is 1. The Hall–Kier alpha value is -1.75. The first-order chi connectivity index (χ1) is 8.83. The summed E-state index contributed by atoms with van der Waals surface area (Å²) in [4.78, 5) is 8.75. The minimum atomic E-state index is 0.386. The summed E-state index contributed by atoms with van der Waals surface area (Å²) in [7, 11) is 0. The third kappa shape index (κ3) is 2.26. The second-order valence-electron chi connectivity index (χ2n) is 4.70. The summed E-state index contributed by atoms with van der Waals surface area (Å²) in [5.41, 5.74) is 1.92. The zero-order valence-corrected chi connectivity index (χ0v) is 10.4. The fourth-order valence-corrected chi connectivity index (χ4v) is 2.23. The molecule has 3 rings (SSSR count). The van der Waals surface area contributed by atoms with Crippen LogP contribution in [-0.4, -0.2) is 28.2 Å². The number of hydrogen-bond donors (Lipinski definition) is 1. The molecule has 1 aliphatic heterocycles. The zero-order chi connectivity index (χ0) is 12.4. The number of nitrogens with one attached hydrogen (secondary N) is 1. The molecule has 2 aromatic rings. The van der Waals surface area contributed by atoms with E-state index in [0.29, 0.717) is 11.7 Å². The van der Waals surface area contributed by atoms with Gasteiger partial charge < -0.3 is 9.84 Å². The lowest BCUT2D eigenvalue weighted by Gasteiger charge is -2.18. The molecule has 5 nitrogen and oxygen atoms in total. The van der Waals surface area contributed by atoms with Crippen LogP contribution in [0.15, 0.2) is 22.9 Å². The first-order valence-electron chi connectivity index (χ1n) is 6.30. The summed E-state index contributed by atoms with van der Waals surface area (Å²) in [6.45, 7) is 4.06. The number of nitrogens with zero attached hydrogens (tertiary/aromatic N) is 3. The van der Waals surface area contributed by atoms with Gasteiger partial charge in [-0.05, 0) is 50.6 Å². The minimum absolute atomic E-state index is 0.386. The van der Waals surface area contributed by atoms with Crippen molar-refractivity contribution in [2.75, 3.05) is 13.1 Å². The molecule has 94 valence electrons. The van der Waals surface area contributed by atoms with Gasteiger partial charge in [0.1, 0.15) is 5.69 Å². The maximum absolute atomic E-state index is 5.37. The van der Waals surface area contributed by atoms with Gasteiger partial charge in [0.15, 0.2) is 0 Å². The highest BCUT2D eigenvalue weighted by atomic mass is 16.5. The van der Waals surface area contributed by atoms with Crippen LogP contribution in [0.25, 0.3) is 11.5 Å². The van der Waals surface area contributed by atoms with E-state index in [9.17, 15) is 0 Å². The number of aromatic nitrogens is 3. The van der Waals surface area contributed by atoms with Crippen molar-refractivity contribution in [1.29, 1.82) is 0 Å². The summed E-state index contributed by atoms with van der Waals surface area (Å²) in [5, 5.41) is 7.36. The Morgan fingerprint density at radius 1 is 1.33 bits per heavy atom. The van der Waals surface area contributed by atoms with Gasteiger partial charge in [0.25, 0.3) is 0 Å². The molecule has 0 amide bonds. The van der Waals surface area contributed by atoms with Crippen molar-refractivity contribution in [3.63, 3.8) is 0 Å². The van der Waals surface area contributed by atoms with Crippen LogP contribution in [0, 0.1) is 6.92 Å². The van der Waals surface area contributed by atoms with Gasteiger partial charge in [-0.25, -0.2) is 0 Å². The van der Waals surface area contributed by atoms with Crippen molar-refractivity contribution in [2.24, 2.45) is 0 Å². The summed E-state index contributed by atoms with van der Waals surface area (Å²) in [5.74, 6) is 1.72. The van der Waals surface area contributed by atoms with Crippen LogP contribution in [0.3, 0.4) is 0 Å². The maximum atomic E-state index is 5.37. The van der Waals surface area contributed by atoms with Crippen molar-refractivity contribution < 1.29 is 4.52 Å². The van der Waals surface area contributed by atoms with E-state index in [1.165, 1.54) is 0 Å². The zero-order valence-electron chi connectivity index (χ0n) is 10.4. The predicted molar refractivity (Wildman–Crippen MR) is 67.1 cm³/mol. The van der Waals surface area contributed by atoms with Crippen molar-refractivity contribution >= 4 is 0 Å². The van der Waals surface area contributed by atoms with E-state index in [2.05, 4.69) is 20.4 Å². The summed E-state index contributed by atoms with van der Waals surface area (Å²) in [6, 6.07) is 3.92. The monoisotopic (exact) mass is 244 g/mol. The van der Waals surface area contributed by atoms with E-state index in [1.807, 2.05) is 19.1 Å². The first kappa shape index (κ1) is 11.3. The van der Waals surface area contributed by atoms with Crippen molar-refractivity contribution in [2.45, 2.75) is 25.7 Å². The summed E-state index contributed by atoms with van der Waals surface area (Å²) in [6.07, 6.45) is 3.89. The predicted octanol–water partition coefficient (Wildman–Crippen LogP) is 1.91. The van der Waals surface area contributed by atoms with E-state index in [-0.39, 0.29) is 0 Å². The van der Waals surface area contributed by atoms with Crippen LogP contribution < -0.4 is 5.32 Å². The van der Waals surface area contributed by atoms with Crippen LogP contribution in [0.5, 0.6) is 0 Å². The van der Waals surface area contributed by atoms with E-state index in [0.717, 1.165) is 43.1 Å². The minimum Gasteiger partial charge on any atom is -0.339 e. The quantitative estimate of drug-likeness (QED) is 0.874. The smallest absolute Gasteiger partial charge is 0.230 e. The Labute approximate surface area is 106 Å². The van der Waals surface area contributed by atoms with Crippen LogP contribution >= 0.6 is 0 Å². The van der Waals surface area contributed by atoms with Gasteiger partial charge in [-0.15, -0.1) is 0 Å². The molecule has 0 bridgehead atoms. The van der Waals surface area contributed by atoms with Gasteiger partial charge in [-0.3, -0.25) is 4.98 Å². The first-order valence-corrected chi connectivity index (χ1v) is 6.30. The lowest BCUT2D eigenvalue weighted by molar-refractivity contribution is 0.320. The molecule has 1 aliphatic rings. The van der Waals surface area contributed by atoms with Gasteiger partial charge in [0.2, 0.25) is 11.7 Å². The molecule has 1 N–H and O–H groups in total. The standard InChI is InChI=1S/C13H16N4O/c1-9-2-7-15-11(8-9)12-16-13(18-17-12)10-3-5-14-6-4-10/h2,7-8,10,14H,3-6H2,1H3. The van der Waals surface area contributed by atoms with Gasteiger partial charge in [-0.2, -0.15) is 4.98 Å². The molecule has 0 atom stereocenters. The molecular weight excluding hydrogens is 228 g/mol. The van der Waals surface area contributed by atoms with Crippen LogP contribution in [0.4, 0.5) is 0 Å². The Morgan fingerprint density at radius 2 is 2.17 bits per heavy atom. The van der Waals surface area contributed by atoms with Gasteiger partial charge in [-0.1, -0.05) is 5.16 Å². The molecule has 2 aromatic heterocycles. The lowest BCUT2D eigenvalue weighted by Crippen LogP contribution is -2.26. The Bertz CT molecular complexity index is 531. The van der Waals surface area contributed by atoms with Gasteiger partial charge in [0, 0.05) is 12.1 Å². The highest BCUT2D eigenvalue weighted by Crippen LogP contribution is 2.25. The average molecular weight is 244 g/mol. The largest absolute Gasteiger partial charge is 0.339 e. The average Bonchev–Trinajstić information content (AvgIpc) is 2.89. The Morgan fingerprint density at radius 3 is 2.94 bits per heavy atom. The van der Waals surface area contributed by atoms with Gasteiger partial charge >= 0.3 is 0 Å². The van der Waals surface area contributed by atoms with Gasteiger partial charge in [0.05, 0.1) is 0 Å². The second-order valence-corrected chi connectivity index (χ2v) is 4.70. The number of pyridine rings is 1. The van der Waals surface area contributed by atoms with Crippen molar-refractivity contribution in [1.82, 2.24) is 20.4 Å². The molecule has 0 radical (unpaired) electrons. The van der Waals surface area contributed by atoms with Crippen LogP contribution in [-0.2, 0) is 0 Å². The summed E-state index contributed by atoms with van der Waals surface area (Å²) >= 11 is 0. The maximum Gasteiger partial charge on any atom is 0.230 e. The molecule has 0 unspecified atom stereocenters. The van der Waals surface area contributed by atoms with E-state index >= 15 is 0 Å². The molecule has 18 heavy (non-hydrogen) atoms. The molecule has 3 heterocycles. The topological polar surface area (TPSA) is 63.8 Å². The highest BCUT2D eigenvalue weighted by Gasteiger charge is 2.21. The van der Waals surface area contributed by atoms with Crippen molar-refractivity contribution in [3.8, 4) is 11.5 Å². The number of rotatable bonds is 2. The molecule has 0 aromatic carbocycles. The second kappa shape index (κ2) is 4.86. The molecule has 1 fully saturated rings. The molecule has 0 aliphatic carbocycles. The fraction of sp³-hybridized carbons (Fsp3) is 0.462. The molecule has 0 spiro atoms. The van der Waals surface area contributed by atoms with E-state index in [4.69, 9.17) is 4.52 Å². The number of piperidine rings is 1. The van der Waals surface area contributed by atoms with E-state index in [1.54, 1.807) is 6.20 Å². The molecule has 1 saturated heterocycles. The SMILES string of the molecule is Cc1ccnc(-c2noc(C3CCNCC3)n2)c1. The van der Waals surface area contributed by atoms with E-state index < -0.39 is 0 Å². The summed E-state index contributed by atoms with van der Waals surface area (Å²) < 4.78 is 5.37. The third-order valence-corrected chi connectivity index (χ3v) is 3.27. The highest BCUT2D eigenvalue weighted by molar-refractivity contribution is 5.49. The molecule has 0 saturated carbocycles. The Kier molecular flexibility index (Phi) is 3.06. The van der Waals surface area contributed by atoms with Crippen molar-refractivity contribution in [3.05, 3.63) is 29.8 Å². The molecule has 5 heteroatoms. The Balaban J connectivity index is 1.84. The number of hydrogen-bond acceptors (Lipinski definition) is 5. The fourth-order valence-electron chi connectivity index (χ4n) is 2.23. The van der Waals surface area contributed by atoms with Crippen LogP contribution in [0.1, 0.15) is 30.2 Å². The molecular formula is C13H16N4O. The lowest BCUT2D eigenvalue weighted by atomic mass is 9.98. The normalized spacial score (nSPS) is 16.9. The van der Waals surface area contributed by atoms with Crippen LogP contribution in [0.2, 0.25) is 0 Å². The third-order valence-electron chi connectivity index (χ3n) is 3.27.